The van der Waals surface area contributed by atoms with Crippen molar-refractivity contribution in [3.63, 3.8) is 0 Å². The minimum Gasteiger partial charge on any atom is -0.379 e. The zero-order chi connectivity index (χ0) is 20.9. The molecule has 1 fully saturated rings. The maximum absolute atomic E-state index is 12.8. The summed E-state index contributed by atoms with van der Waals surface area (Å²) in [5.41, 5.74) is 1.88. The van der Waals surface area contributed by atoms with Gasteiger partial charge in [-0.05, 0) is 52.9 Å². The molecule has 0 aromatic carbocycles. The van der Waals surface area contributed by atoms with Crippen molar-refractivity contribution in [2.24, 2.45) is 0 Å². The maximum Gasteiger partial charge on any atom is 0.348 e. The number of carbonyl (C=O) groups is 1. The highest BCUT2D eigenvalue weighted by molar-refractivity contribution is 7.99. The van der Waals surface area contributed by atoms with Crippen LogP contribution < -0.4 is 11.0 Å². The third-order valence-electron chi connectivity index (χ3n) is 5.26. The summed E-state index contributed by atoms with van der Waals surface area (Å²) >= 11 is 1.39. The molecule has 3 rings (SSSR count). The van der Waals surface area contributed by atoms with Crippen LogP contribution in [0.3, 0.4) is 0 Å². The Labute approximate surface area is 177 Å². The van der Waals surface area contributed by atoms with Crippen LogP contribution in [0.2, 0.25) is 0 Å². The van der Waals surface area contributed by atoms with Crippen LogP contribution in [-0.2, 0) is 28.9 Å². The molecule has 0 spiro atoms. The molecule has 1 aliphatic carbocycles. The molecule has 1 N–H and O–H groups in total. The summed E-state index contributed by atoms with van der Waals surface area (Å²) in [6.45, 7) is 11.1. The maximum atomic E-state index is 12.8. The second-order valence-corrected chi connectivity index (χ2v) is 9.84. The van der Waals surface area contributed by atoms with Crippen LogP contribution in [0.15, 0.2) is 9.82 Å². The number of nitrogens with zero attached hydrogens (tertiary/aromatic N) is 3. The molecule has 0 radical (unpaired) electrons. The van der Waals surface area contributed by atoms with E-state index in [-0.39, 0.29) is 22.9 Å². The van der Waals surface area contributed by atoms with Gasteiger partial charge >= 0.3 is 5.69 Å². The van der Waals surface area contributed by atoms with Gasteiger partial charge in [0.1, 0.15) is 5.03 Å². The molecule has 8 heteroatoms. The predicted octanol–water partition coefficient (Wildman–Crippen LogP) is 1.85. The molecule has 0 atom stereocenters. The number of aromatic nitrogens is 2. The summed E-state index contributed by atoms with van der Waals surface area (Å²) in [5, 5.41) is 3.72. The predicted molar refractivity (Wildman–Crippen MR) is 116 cm³/mol. The standard InChI is InChI=1S/C21H34N4O3S/c1-21(2,3)23-18(26)15-29-19-16-7-4-5-8-17(16)25(20(27)22-19)10-6-9-24-11-13-28-14-12-24/h4-15H2,1-3H3,(H,23,26). The van der Waals surface area contributed by atoms with E-state index in [2.05, 4.69) is 15.2 Å². The zero-order valence-corrected chi connectivity index (χ0v) is 18.8. The number of rotatable bonds is 7. The van der Waals surface area contributed by atoms with E-state index in [0.717, 1.165) is 75.7 Å². The number of morpholine rings is 1. The minimum absolute atomic E-state index is 0.0245. The van der Waals surface area contributed by atoms with Crippen molar-refractivity contribution in [3.05, 3.63) is 21.7 Å². The van der Waals surface area contributed by atoms with Crippen molar-refractivity contribution < 1.29 is 9.53 Å². The average molecular weight is 423 g/mol. The topological polar surface area (TPSA) is 76.5 Å². The fourth-order valence-corrected chi connectivity index (χ4v) is 4.84. The van der Waals surface area contributed by atoms with Gasteiger partial charge in [0.15, 0.2) is 0 Å². The first-order chi connectivity index (χ1) is 13.8. The summed E-state index contributed by atoms with van der Waals surface area (Å²) in [7, 11) is 0. The Balaban J connectivity index is 1.67. The molecule has 7 nitrogen and oxygen atoms in total. The summed E-state index contributed by atoms with van der Waals surface area (Å²) in [6, 6.07) is 0. The molecule has 1 amide bonds. The lowest BCUT2D eigenvalue weighted by Gasteiger charge is -2.27. The Morgan fingerprint density at radius 2 is 1.90 bits per heavy atom. The second kappa shape index (κ2) is 10.1. The molecule has 1 saturated heterocycles. The molecule has 1 aliphatic heterocycles. The smallest absolute Gasteiger partial charge is 0.348 e. The Hall–Kier alpha value is -1.38. The van der Waals surface area contributed by atoms with E-state index in [1.165, 1.54) is 17.3 Å². The van der Waals surface area contributed by atoms with Gasteiger partial charge < -0.3 is 10.1 Å². The van der Waals surface area contributed by atoms with Gasteiger partial charge in [-0.2, -0.15) is 4.98 Å². The lowest BCUT2D eigenvalue weighted by atomic mass is 9.97. The first kappa shape index (κ1) is 22.3. The van der Waals surface area contributed by atoms with Gasteiger partial charge in [-0.1, -0.05) is 11.8 Å². The number of hydrogen-bond acceptors (Lipinski definition) is 6. The third kappa shape index (κ3) is 6.55. The van der Waals surface area contributed by atoms with Crippen molar-refractivity contribution in [1.29, 1.82) is 0 Å². The van der Waals surface area contributed by atoms with Crippen LogP contribution in [0.25, 0.3) is 0 Å². The molecule has 1 aromatic heterocycles. The van der Waals surface area contributed by atoms with E-state index < -0.39 is 0 Å². The van der Waals surface area contributed by atoms with Crippen LogP contribution in [-0.4, -0.2) is 64.5 Å². The van der Waals surface area contributed by atoms with Gasteiger partial charge in [0.25, 0.3) is 0 Å². The summed E-state index contributed by atoms with van der Waals surface area (Å²) in [5.74, 6) is 0.264. The van der Waals surface area contributed by atoms with Crippen molar-refractivity contribution in [1.82, 2.24) is 19.8 Å². The van der Waals surface area contributed by atoms with Crippen LogP contribution in [0.5, 0.6) is 0 Å². The number of ether oxygens (including phenoxy) is 1. The SMILES string of the molecule is CC(C)(C)NC(=O)CSc1nc(=O)n(CCCN2CCOCC2)c2c1CCCC2. The van der Waals surface area contributed by atoms with Crippen molar-refractivity contribution in [2.75, 3.05) is 38.6 Å². The second-order valence-electron chi connectivity index (χ2n) is 8.88. The zero-order valence-electron chi connectivity index (χ0n) is 18.0. The Bertz CT molecular complexity index is 766. The van der Waals surface area contributed by atoms with E-state index in [1.54, 1.807) is 0 Å². The molecular formula is C21H34N4O3S. The number of carbonyl (C=O) groups excluding carboxylic acids is 1. The lowest BCUT2D eigenvalue weighted by molar-refractivity contribution is -0.119. The van der Waals surface area contributed by atoms with Crippen LogP contribution in [0, 0.1) is 0 Å². The number of amides is 1. The van der Waals surface area contributed by atoms with E-state index in [4.69, 9.17) is 4.74 Å². The molecule has 2 heterocycles. The molecule has 0 bridgehead atoms. The molecule has 29 heavy (non-hydrogen) atoms. The van der Waals surface area contributed by atoms with Gasteiger partial charge in [-0.25, -0.2) is 4.79 Å². The van der Waals surface area contributed by atoms with E-state index in [9.17, 15) is 9.59 Å². The summed E-state index contributed by atoms with van der Waals surface area (Å²) < 4.78 is 7.28. The highest BCUT2D eigenvalue weighted by atomic mass is 32.2. The minimum atomic E-state index is -0.256. The fourth-order valence-electron chi connectivity index (χ4n) is 3.96. The van der Waals surface area contributed by atoms with Crippen LogP contribution >= 0.6 is 11.8 Å². The third-order valence-corrected chi connectivity index (χ3v) is 6.28. The van der Waals surface area contributed by atoms with Gasteiger partial charge in [0.05, 0.1) is 19.0 Å². The summed E-state index contributed by atoms with van der Waals surface area (Å²) in [4.78, 5) is 31.7. The van der Waals surface area contributed by atoms with E-state index in [1.807, 2.05) is 25.3 Å². The largest absolute Gasteiger partial charge is 0.379 e. The van der Waals surface area contributed by atoms with Gasteiger partial charge in [0, 0.05) is 43.0 Å². The molecule has 1 aromatic rings. The number of nitrogens with one attached hydrogen (secondary N) is 1. The van der Waals surface area contributed by atoms with Crippen molar-refractivity contribution >= 4 is 17.7 Å². The first-order valence-electron chi connectivity index (χ1n) is 10.7. The number of hydrogen-bond donors (Lipinski definition) is 1. The molecule has 162 valence electrons. The first-order valence-corrected chi connectivity index (χ1v) is 11.7. The Morgan fingerprint density at radius 1 is 1.17 bits per heavy atom. The van der Waals surface area contributed by atoms with Crippen LogP contribution in [0.4, 0.5) is 0 Å². The lowest BCUT2D eigenvalue weighted by Crippen LogP contribution is -2.41. The van der Waals surface area contributed by atoms with Crippen molar-refractivity contribution in [3.8, 4) is 0 Å². The molecule has 0 saturated carbocycles. The van der Waals surface area contributed by atoms with E-state index in [0.29, 0.717) is 6.54 Å². The normalized spacial score (nSPS) is 17.8. The monoisotopic (exact) mass is 422 g/mol. The average Bonchev–Trinajstić information content (AvgIpc) is 2.67. The highest BCUT2D eigenvalue weighted by Crippen LogP contribution is 2.28. The summed E-state index contributed by atoms with van der Waals surface area (Å²) in [6.07, 6.45) is 5.02. The van der Waals surface area contributed by atoms with Gasteiger partial charge in [-0.3, -0.25) is 14.3 Å². The van der Waals surface area contributed by atoms with E-state index >= 15 is 0 Å². The Kier molecular flexibility index (Phi) is 7.76. The van der Waals surface area contributed by atoms with Gasteiger partial charge in [0.2, 0.25) is 5.91 Å². The van der Waals surface area contributed by atoms with Crippen LogP contribution in [0.1, 0.15) is 51.3 Å². The fraction of sp³-hybridized carbons (Fsp3) is 0.762. The Morgan fingerprint density at radius 3 is 2.62 bits per heavy atom. The number of thioether (sulfide) groups is 1. The quantitative estimate of drug-likeness (QED) is 0.534. The molecule has 0 unspecified atom stereocenters. The molecular weight excluding hydrogens is 388 g/mol. The highest BCUT2D eigenvalue weighted by Gasteiger charge is 2.22. The van der Waals surface area contributed by atoms with Crippen molar-refractivity contribution in [2.45, 2.75) is 70.0 Å². The number of fused-ring (bicyclic) bond motifs is 1. The molecule has 2 aliphatic rings. The van der Waals surface area contributed by atoms with Gasteiger partial charge in [-0.15, -0.1) is 0 Å².